The molecule has 0 fully saturated rings. The van der Waals surface area contributed by atoms with Gasteiger partial charge in [0.15, 0.2) is 0 Å². The van der Waals surface area contributed by atoms with Crippen LogP contribution in [-0.4, -0.2) is 23.7 Å². The van der Waals surface area contributed by atoms with E-state index in [1.54, 1.807) is 0 Å². The van der Waals surface area contributed by atoms with Crippen LogP contribution in [0.5, 0.6) is 0 Å². The van der Waals surface area contributed by atoms with Crippen molar-refractivity contribution in [3.63, 3.8) is 0 Å². The fourth-order valence-corrected chi connectivity index (χ4v) is 1.60. The molecule has 1 heterocycles. The summed E-state index contributed by atoms with van der Waals surface area (Å²) in [4.78, 5) is 4.29. The summed E-state index contributed by atoms with van der Waals surface area (Å²) in [6.45, 7) is 9.65. The Hall–Kier alpha value is -0.610. The Kier molecular flexibility index (Phi) is 4.74. The van der Waals surface area contributed by atoms with Crippen molar-refractivity contribution >= 4 is 21.7 Å². The molecular formula is C12H19BrN2O. The van der Waals surface area contributed by atoms with Crippen molar-refractivity contribution in [3.8, 4) is 0 Å². The van der Waals surface area contributed by atoms with Gasteiger partial charge in [0.1, 0.15) is 5.82 Å². The minimum absolute atomic E-state index is 0.169. The predicted molar refractivity (Wildman–Crippen MR) is 70.9 cm³/mol. The van der Waals surface area contributed by atoms with Crippen molar-refractivity contribution in [2.75, 3.05) is 18.5 Å². The molecule has 1 aromatic rings. The molecule has 0 aliphatic heterocycles. The minimum atomic E-state index is -0.169. The average molecular weight is 287 g/mol. The number of ether oxygens (including phenoxy) is 1. The van der Waals surface area contributed by atoms with E-state index in [2.05, 4.69) is 40.1 Å². The lowest BCUT2D eigenvalue weighted by atomic mass is 10.1. The Morgan fingerprint density at radius 3 is 2.75 bits per heavy atom. The van der Waals surface area contributed by atoms with Crippen molar-refractivity contribution in [2.45, 2.75) is 33.3 Å². The van der Waals surface area contributed by atoms with Crippen LogP contribution in [0.3, 0.4) is 0 Å². The molecular weight excluding hydrogens is 268 g/mol. The summed E-state index contributed by atoms with van der Waals surface area (Å²) in [6.07, 6.45) is 1.81. The number of halogens is 1. The van der Waals surface area contributed by atoms with Crippen LogP contribution >= 0.6 is 15.9 Å². The number of hydrogen-bond acceptors (Lipinski definition) is 3. The molecule has 0 aliphatic rings. The summed E-state index contributed by atoms with van der Waals surface area (Å²) in [7, 11) is 0. The third-order valence-electron chi connectivity index (χ3n) is 2.28. The topological polar surface area (TPSA) is 34.1 Å². The van der Waals surface area contributed by atoms with E-state index in [0.29, 0.717) is 0 Å². The summed E-state index contributed by atoms with van der Waals surface area (Å²) in [6, 6.07) is 2.02. The van der Waals surface area contributed by atoms with Gasteiger partial charge in [0.05, 0.1) is 5.60 Å². The zero-order valence-electron chi connectivity index (χ0n) is 10.3. The van der Waals surface area contributed by atoms with Gasteiger partial charge in [-0.2, -0.15) is 0 Å². The van der Waals surface area contributed by atoms with Gasteiger partial charge in [0.2, 0.25) is 0 Å². The number of aromatic nitrogens is 1. The van der Waals surface area contributed by atoms with E-state index in [0.717, 1.165) is 23.4 Å². The molecule has 90 valence electrons. The van der Waals surface area contributed by atoms with Crippen molar-refractivity contribution < 1.29 is 4.74 Å². The fourth-order valence-electron chi connectivity index (χ4n) is 1.38. The van der Waals surface area contributed by atoms with E-state index in [4.69, 9.17) is 4.74 Å². The molecule has 0 aliphatic carbocycles. The molecule has 0 aromatic carbocycles. The highest BCUT2D eigenvalue weighted by Gasteiger charge is 2.17. The third-order valence-corrected chi connectivity index (χ3v) is 3.11. The number of rotatable bonds is 5. The highest BCUT2D eigenvalue weighted by atomic mass is 79.9. The fraction of sp³-hybridized carbons (Fsp3) is 0.583. The van der Waals surface area contributed by atoms with Gasteiger partial charge in [0, 0.05) is 23.8 Å². The van der Waals surface area contributed by atoms with Crippen molar-refractivity contribution in [1.82, 2.24) is 4.98 Å². The van der Waals surface area contributed by atoms with Crippen LogP contribution in [0, 0.1) is 6.92 Å². The second-order valence-electron chi connectivity index (χ2n) is 4.36. The van der Waals surface area contributed by atoms with Gasteiger partial charge < -0.3 is 10.1 Å². The molecule has 0 saturated carbocycles. The Bertz CT molecular complexity index is 353. The van der Waals surface area contributed by atoms with Crippen molar-refractivity contribution in [2.24, 2.45) is 0 Å². The number of nitrogens with one attached hydrogen (secondary N) is 1. The van der Waals surface area contributed by atoms with Crippen LogP contribution in [0.25, 0.3) is 0 Å². The maximum absolute atomic E-state index is 5.61. The summed E-state index contributed by atoms with van der Waals surface area (Å²) >= 11 is 3.43. The molecule has 1 rings (SSSR count). The molecule has 1 N–H and O–H groups in total. The quantitative estimate of drug-likeness (QED) is 0.901. The van der Waals surface area contributed by atoms with Crippen LogP contribution in [-0.2, 0) is 4.74 Å². The van der Waals surface area contributed by atoms with E-state index in [1.165, 1.54) is 5.56 Å². The van der Waals surface area contributed by atoms with Crippen LogP contribution in [0.2, 0.25) is 0 Å². The minimum Gasteiger partial charge on any atom is -0.374 e. The summed E-state index contributed by atoms with van der Waals surface area (Å²) < 4.78 is 6.64. The molecule has 0 amide bonds. The zero-order valence-corrected chi connectivity index (χ0v) is 11.9. The van der Waals surface area contributed by atoms with E-state index < -0.39 is 0 Å². The molecule has 0 spiro atoms. The van der Waals surface area contributed by atoms with Gasteiger partial charge >= 0.3 is 0 Å². The molecule has 16 heavy (non-hydrogen) atoms. The maximum atomic E-state index is 5.61. The number of anilines is 1. The number of aryl methyl sites for hydroxylation is 1. The normalized spacial score (nSPS) is 11.6. The summed E-state index contributed by atoms with van der Waals surface area (Å²) in [5, 5.41) is 3.28. The maximum Gasteiger partial charge on any atom is 0.126 e. The van der Waals surface area contributed by atoms with Gasteiger partial charge in [-0.15, -0.1) is 0 Å². The smallest absolute Gasteiger partial charge is 0.126 e. The van der Waals surface area contributed by atoms with Gasteiger partial charge in [-0.25, -0.2) is 4.98 Å². The SMILES string of the molecule is CCOC(C)(C)CNc1cc(C)c(Br)cn1. The van der Waals surface area contributed by atoms with Gasteiger partial charge in [0.25, 0.3) is 0 Å². The third kappa shape index (κ3) is 4.10. The van der Waals surface area contributed by atoms with Crippen molar-refractivity contribution in [3.05, 3.63) is 22.3 Å². The molecule has 4 heteroatoms. The van der Waals surface area contributed by atoms with E-state index in [-0.39, 0.29) is 5.60 Å². The first-order valence-corrected chi connectivity index (χ1v) is 6.24. The monoisotopic (exact) mass is 286 g/mol. The van der Waals surface area contributed by atoms with Crippen LogP contribution in [0.4, 0.5) is 5.82 Å². The zero-order chi connectivity index (χ0) is 12.2. The molecule has 3 nitrogen and oxygen atoms in total. The van der Waals surface area contributed by atoms with Crippen LogP contribution in [0.15, 0.2) is 16.7 Å². The number of nitrogens with zero attached hydrogens (tertiary/aromatic N) is 1. The summed E-state index contributed by atoms with van der Waals surface area (Å²) in [5.74, 6) is 0.883. The molecule has 0 bridgehead atoms. The van der Waals surface area contributed by atoms with E-state index >= 15 is 0 Å². The average Bonchev–Trinajstić information content (AvgIpc) is 2.20. The highest BCUT2D eigenvalue weighted by Crippen LogP contribution is 2.18. The summed E-state index contributed by atoms with van der Waals surface area (Å²) in [5.41, 5.74) is 1.00. The Morgan fingerprint density at radius 2 is 2.19 bits per heavy atom. The van der Waals surface area contributed by atoms with Crippen molar-refractivity contribution in [1.29, 1.82) is 0 Å². The first-order chi connectivity index (χ1) is 7.44. The lowest BCUT2D eigenvalue weighted by Crippen LogP contribution is -2.33. The Labute approximate surface area is 106 Å². The molecule has 1 aromatic heterocycles. The Morgan fingerprint density at radius 1 is 1.50 bits per heavy atom. The first-order valence-electron chi connectivity index (χ1n) is 5.44. The van der Waals surface area contributed by atoms with Crippen LogP contribution < -0.4 is 5.32 Å². The lowest BCUT2D eigenvalue weighted by Gasteiger charge is -2.25. The number of pyridine rings is 1. The molecule has 0 atom stereocenters. The lowest BCUT2D eigenvalue weighted by molar-refractivity contribution is 0.000641. The van der Waals surface area contributed by atoms with E-state index in [1.807, 2.05) is 26.1 Å². The van der Waals surface area contributed by atoms with Gasteiger partial charge in [-0.05, 0) is 55.3 Å². The highest BCUT2D eigenvalue weighted by molar-refractivity contribution is 9.10. The second-order valence-corrected chi connectivity index (χ2v) is 5.22. The van der Waals surface area contributed by atoms with Gasteiger partial charge in [-0.1, -0.05) is 0 Å². The standard InChI is InChI=1S/C12H19BrN2O/c1-5-16-12(3,4)8-15-11-6-9(2)10(13)7-14-11/h6-7H,5,8H2,1-4H3,(H,14,15). The van der Waals surface area contributed by atoms with Gasteiger partial charge in [-0.3, -0.25) is 0 Å². The second kappa shape index (κ2) is 5.64. The van der Waals surface area contributed by atoms with E-state index in [9.17, 15) is 0 Å². The molecule has 0 radical (unpaired) electrons. The van der Waals surface area contributed by atoms with Crippen LogP contribution in [0.1, 0.15) is 26.3 Å². The Balaban J connectivity index is 2.57. The number of hydrogen-bond donors (Lipinski definition) is 1. The first kappa shape index (κ1) is 13.5. The largest absolute Gasteiger partial charge is 0.374 e. The molecule has 0 unspecified atom stereocenters. The molecule has 0 saturated heterocycles. The predicted octanol–water partition coefficient (Wildman–Crippen LogP) is 3.38.